The summed E-state index contributed by atoms with van der Waals surface area (Å²) in [7, 11) is 0. The van der Waals surface area contributed by atoms with E-state index in [9.17, 15) is 0 Å². The van der Waals surface area contributed by atoms with Gasteiger partial charge in [0.2, 0.25) is 0 Å². The lowest BCUT2D eigenvalue weighted by Gasteiger charge is -2.18. The van der Waals surface area contributed by atoms with E-state index in [1.54, 1.807) is 0 Å². The highest BCUT2D eigenvalue weighted by Gasteiger charge is 2.16. The maximum atomic E-state index is 2.37. The van der Waals surface area contributed by atoms with Crippen LogP contribution in [0.15, 0.2) is 109 Å². The van der Waals surface area contributed by atoms with E-state index in [2.05, 4.69) is 109 Å². The molecule has 0 aliphatic heterocycles. The van der Waals surface area contributed by atoms with Gasteiger partial charge in [0.25, 0.3) is 0 Å². The molecular formula is C28H18. The van der Waals surface area contributed by atoms with Crippen LogP contribution in [0.1, 0.15) is 0 Å². The van der Waals surface area contributed by atoms with E-state index in [-0.39, 0.29) is 0 Å². The van der Waals surface area contributed by atoms with E-state index < -0.39 is 0 Å². The van der Waals surface area contributed by atoms with Crippen molar-refractivity contribution in [3.8, 4) is 22.3 Å². The normalized spacial score (nSPS) is 11.6. The van der Waals surface area contributed by atoms with E-state index in [1.807, 2.05) is 0 Å². The molecule has 0 N–H and O–H groups in total. The van der Waals surface area contributed by atoms with E-state index in [1.165, 1.54) is 54.6 Å². The van der Waals surface area contributed by atoms with Crippen molar-refractivity contribution in [1.82, 2.24) is 0 Å². The molecule has 6 aromatic carbocycles. The van der Waals surface area contributed by atoms with Crippen molar-refractivity contribution in [2.45, 2.75) is 0 Å². The third-order valence-corrected chi connectivity index (χ3v) is 5.80. The van der Waals surface area contributed by atoms with Gasteiger partial charge in [0.05, 0.1) is 0 Å². The summed E-state index contributed by atoms with van der Waals surface area (Å²) in [5.41, 5.74) is 5.12. The summed E-state index contributed by atoms with van der Waals surface area (Å²) in [6.07, 6.45) is 0. The monoisotopic (exact) mass is 354 g/mol. The maximum Gasteiger partial charge on any atom is -0.00141 e. The Morgan fingerprint density at radius 2 is 0.893 bits per heavy atom. The van der Waals surface area contributed by atoms with Crippen molar-refractivity contribution in [3.05, 3.63) is 109 Å². The van der Waals surface area contributed by atoms with Crippen LogP contribution in [0.4, 0.5) is 0 Å². The molecule has 0 saturated heterocycles. The van der Waals surface area contributed by atoms with Gasteiger partial charge in [-0.25, -0.2) is 0 Å². The van der Waals surface area contributed by atoms with E-state index >= 15 is 0 Å². The van der Waals surface area contributed by atoms with Crippen molar-refractivity contribution in [2.24, 2.45) is 0 Å². The standard InChI is InChI=1S/C28H18/c1-3-8-19(9-4-1)24-17-16-22-15-14-21-12-7-13-23-18-25(20-10-5-2-6-11-20)28(24)27(22)26(21)23/h1-18H. The van der Waals surface area contributed by atoms with Crippen LogP contribution in [0.2, 0.25) is 0 Å². The zero-order valence-electron chi connectivity index (χ0n) is 15.4. The maximum absolute atomic E-state index is 2.37. The highest BCUT2D eigenvalue weighted by Crippen LogP contribution is 2.44. The van der Waals surface area contributed by atoms with Gasteiger partial charge in [-0.2, -0.15) is 0 Å². The second-order valence-corrected chi connectivity index (χ2v) is 7.39. The van der Waals surface area contributed by atoms with Crippen LogP contribution >= 0.6 is 0 Å². The molecule has 6 rings (SSSR count). The molecule has 0 bridgehead atoms. The highest BCUT2D eigenvalue weighted by molar-refractivity contribution is 6.29. The third-order valence-electron chi connectivity index (χ3n) is 5.80. The summed E-state index contributed by atoms with van der Waals surface area (Å²) >= 11 is 0. The number of rotatable bonds is 2. The summed E-state index contributed by atoms with van der Waals surface area (Å²) in [5, 5.41) is 8.00. The molecule has 0 aliphatic carbocycles. The van der Waals surface area contributed by atoms with Gasteiger partial charge in [0.15, 0.2) is 0 Å². The summed E-state index contributed by atoms with van der Waals surface area (Å²) in [5.74, 6) is 0. The molecule has 130 valence electrons. The van der Waals surface area contributed by atoms with Crippen molar-refractivity contribution in [1.29, 1.82) is 0 Å². The molecule has 6 aromatic rings. The molecule has 0 heteroatoms. The molecule has 0 atom stereocenters. The zero-order valence-corrected chi connectivity index (χ0v) is 15.4. The van der Waals surface area contributed by atoms with Gasteiger partial charge in [-0.3, -0.25) is 0 Å². The molecule has 0 radical (unpaired) electrons. The minimum absolute atomic E-state index is 1.26. The molecule has 0 aliphatic rings. The Morgan fingerprint density at radius 3 is 1.61 bits per heavy atom. The lowest BCUT2D eigenvalue weighted by molar-refractivity contribution is 1.64. The highest BCUT2D eigenvalue weighted by atomic mass is 14.2. The smallest absolute Gasteiger partial charge is 0.00141 e. The molecule has 0 saturated carbocycles. The zero-order chi connectivity index (χ0) is 18.5. The average molecular weight is 354 g/mol. The molecule has 0 unspecified atom stereocenters. The predicted octanol–water partition coefficient (Wildman–Crippen LogP) is 7.92. The minimum Gasteiger partial charge on any atom is -0.0622 e. The SMILES string of the molecule is c1ccc(-c2ccc3ccc4cccc5cc(-c6ccccc6)c2c3c45)cc1. The van der Waals surface area contributed by atoms with Gasteiger partial charge in [-0.1, -0.05) is 103 Å². The average Bonchev–Trinajstić information content (AvgIpc) is 2.78. The summed E-state index contributed by atoms with van der Waals surface area (Å²) in [6.45, 7) is 0. The molecule has 0 spiro atoms. The minimum atomic E-state index is 1.26. The van der Waals surface area contributed by atoms with Crippen LogP contribution in [0, 0.1) is 0 Å². The van der Waals surface area contributed by atoms with Crippen molar-refractivity contribution < 1.29 is 0 Å². The van der Waals surface area contributed by atoms with Gasteiger partial charge in [-0.15, -0.1) is 0 Å². The van der Waals surface area contributed by atoms with Crippen LogP contribution in [0.3, 0.4) is 0 Å². The summed E-state index contributed by atoms with van der Waals surface area (Å²) in [4.78, 5) is 0. The lowest BCUT2D eigenvalue weighted by atomic mass is 9.85. The largest absolute Gasteiger partial charge is 0.0622 e. The second kappa shape index (κ2) is 5.94. The fourth-order valence-corrected chi connectivity index (χ4v) is 4.55. The molecule has 28 heavy (non-hydrogen) atoms. The van der Waals surface area contributed by atoms with Gasteiger partial charge in [-0.05, 0) is 60.6 Å². The van der Waals surface area contributed by atoms with Crippen LogP contribution < -0.4 is 0 Å². The quantitative estimate of drug-likeness (QED) is 0.277. The Kier molecular flexibility index (Phi) is 3.27. The Morgan fingerprint density at radius 1 is 0.321 bits per heavy atom. The topological polar surface area (TPSA) is 0 Å². The molecule has 0 fully saturated rings. The van der Waals surface area contributed by atoms with Gasteiger partial charge >= 0.3 is 0 Å². The third kappa shape index (κ3) is 2.18. The van der Waals surface area contributed by atoms with Crippen LogP contribution in [0.25, 0.3) is 54.6 Å². The second-order valence-electron chi connectivity index (χ2n) is 7.39. The van der Waals surface area contributed by atoms with Crippen molar-refractivity contribution in [2.75, 3.05) is 0 Å². The first-order chi connectivity index (χ1) is 13.9. The molecule has 0 aromatic heterocycles. The van der Waals surface area contributed by atoms with Crippen molar-refractivity contribution in [3.63, 3.8) is 0 Å². The Labute approximate surface area is 164 Å². The first-order valence-electron chi connectivity index (χ1n) is 9.71. The van der Waals surface area contributed by atoms with Gasteiger partial charge in [0.1, 0.15) is 0 Å². The fourth-order valence-electron chi connectivity index (χ4n) is 4.55. The number of hydrogen-bond acceptors (Lipinski definition) is 0. The van der Waals surface area contributed by atoms with Gasteiger partial charge < -0.3 is 0 Å². The predicted molar refractivity (Wildman–Crippen MR) is 121 cm³/mol. The Bertz CT molecular complexity index is 1430. The fraction of sp³-hybridized carbons (Fsp3) is 0. The van der Waals surface area contributed by atoms with Crippen LogP contribution in [0.5, 0.6) is 0 Å². The van der Waals surface area contributed by atoms with E-state index in [0.29, 0.717) is 0 Å². The van der Waals surface area contributed by atoms with E-state index in [4.69, 9.17) is 0 Å². The number of benzene rings is 6. The van der Waals surface area contributed by atoms with Crippen molar-refractivity contribution >= 4 is 32.3 Å². The van der Waals surface area contributed by atoms with Crippen LogP contribution in [-0.4, -0.2) is 0 Å². The molecule has 0 amide bonds. The van der Waals surface area contributed by atoms with Crippen LogP contribution in [-0.2, 0) is 0 Å². The molecule has 0 heterocycles. The summed E-state index contributed by atoms with van der Waals surface area (Å²) < 4.78 is 0. The Balaban J connectivity index is 1.89. The molecular weight excluding hydrogens is 336 g/mol. The van der Waals surface area contributed by atoms with Gasteiger partial charge in [0, 0.05) is 0 Å². The summed E-state index contributed by atoms with van der Waals surface area (Å²) in [6, 6.07) is 39.5. The number of hydrogen-bond donors (Lipinski definition) is 0. The first kappa shape index (κ1) is 15.4. The lowest BCUT2D eigenvalue weighted by Crippen LogP contribution is -1.91. The first-order valence-corrected chi connectivity index (χ1v) is 9.71. The molecule has 0 nitrogen and oxygen atoms in total. The Hall–Kier alpha value is -3.64. The van der Waals surface area contributed by atoms with E-state index in [0.717, 1.165) is 0 Å².